The SMILES string of the molecule is Cc1nn(-c2cccc(Cl)c2)c(N)c1C1=CC[C@H](C(C)(C)C)CC1. The van der Waals surface area contributed by atoms with Crippen molar-refractivity contribution in [3.63, 3.8) is 0 Å². The highest BCUT2D eigenvalue weighted by Gasteiger charge is 2.28. The lowest BCUT2D eigenvalue weighted by molar-refractivity contribution is 0.225. The van der Waals surface area contributed by atoms with E-state index < -0.39 is 0 Å². The minimum atomic E-state index is 0.355. The molecule has 4 heteroatoms. The molecule has 1 atom stereocenters. The Balaban J connectivity index is 1.95. The second-order valence-electron chi connectivity index (χ2n) is 7.80. The summed E-state index contributed by atoms with van der Waals surface area (Å²) in [5, 5.41) is 5.34. The Morgan fingerprint density at radius 3 is 2.62 bits per heavy atom. The zero-order valence-electron chi connectivity index (χ0n) is 14.9. The molecule has 0 unspecified atom stereocenters. The molecule has 1 aliphatic carbocycles. The van der Waals surface area contributed by atoms with E-state index in [1.165, 1.54) is 12.0 Å². The van der Waals surface area contributed by atoms with Gasteiger partial charge in [0.25, 0.3) is 0 Å². The topological polar surface area (TPSA) is 43.8 Å². The maximum Gasteiger partial charge on any atom is 0.135 e. The summed E-state index contributed by atoms with van der Waals surface area (Å²) in [5.41, 5.74) is 11.1. The number of nitrogen functional groups attached to an aromatic ring is 1. The Morgan fingerprint density at radius 1 is 1.29 bits per heavy atom. The summed E-state index contributed by atoms with van der Waals surface area (Å²) < 4.78 is 1.80. The number of halogens is 1. The van der Waals surface area contributed by atoms with Gasteiger partial charge < -0.3 is 5.73 Å². The average Bonchev–Trinajstić information content (AvgIpc) is 2.81. The fourth-order valence-electron chi connectivity index (χ4n) is 3.59. The van der Waals surface area contributed by atoms with Gasteiger partial charge in [-0.05, 0) is 61.3 Å². The molecular formula is C20H26ClN3. The molecule has 1 heterocycles. The van der Waals surface area contributed by atoms with Crippen LogP contribution in [0.1, 0.15) is 51.3 Å². The van der Waals surface area contributed by atoms with Gasteiger partial charge in [0, 0.05) is 10.6 Å². The Labute approximate surface area is 149 Å². The molecular weight excluding hydrogens is 318 g/mol. The number of aryl methyl sites for hydroxylation is 1. The van der Waals surface area contributed by atoms with Crippen molar-refractivity contribution in [3.8, 4) is 5.69 Å². The van der Waals surface area contributed by atoms with E-state index in [-0.39, 0.29) is 0 Å². The molecule has 2 aromatic rings. The number of rotatable bonds is 2. The summed E-state index contributed by atoms with van der Waals surface area (Å²) >= 11 is 6.11. The molecule has 0 fully saturated rings. The Kier molecular flexibility index (Phi) is 4.48. The van der Waals surface area contributed by atoms with Crippen molar-refractivity contribution in [2.45, 2.75) is 47.0 Å². The number of allylic oxidation sites excluding steroid dienone is 2. The lowest BCUT2D eigenvalue weighted by Crippen LogP contribution is -2.22. The Hall–Kier alpha value is -1.74. The van der Waals surface area contributed by atoms with E-state index in [1.54, 1.807) is 4.68 Å². The first-order chi connectivity index (χ1) is 11.3. The minimum Gasteiger partial charge on any atom is -0.383 e. The summed E-state index contributed by atoms with van der Waals surface area (Å²) in [5.74, 6) is 1.43. The first kappa shape index (κ1) is 17.1. The van der Waals surface area contributed by atoms with E-state index in [9.17, 15) is 0 Å². The van der Waals surface area contributed by atoms with Crippen LogP contribution in [0.5, 0.6) is 0 Å². The van der Waals surface area contributed by atoms with E-state index in [1.807, 2.05) is 31.2 Å². The van der Waals surface area contributed by atoms with Gasteiger partial charge in [0.2, 0.25) is 0 Å². The molecule has 2 N–H and O–H groups in total. The molecule has 0 radical (unpaired) electrons. The van der Waals surface area contributed by atoms with Crippen molar-refractivity contribution in [2.24, 2.45) is 11.3 Å². The van der Waals surface area contributed by atoms with Gasteiger partial charge in [0.05, 0.1) is 11.4 Å². The number of anilines is 1. The second kappa shape index (κ2) is 6.29. The largest absolute Gasteiger partial charge is 0.383 e. The van der Waals surface area contributed by atoms with Crippen LogP contribution in [0.2, 0.25) is 5.02 Å². The molecule has 24 heavy (non-hydrogen) atoms. The zero-order chi connectivity index (χ0) is 17.5. The fourth-order valence-corrected chi connectivity index (χ4v) is 3.78. The second-order valence-corrected chi connectivity index (χ2v) is 8.24. The first-order valence-corrected chi connectivity index (χ1v) is 8.95. The number of hydrogen-bond acceptors (Lipinski definition) is 2. The first-order valence-electron chi connectivity index (χ1n) is 8.58. The van der Waals surface area contributed by atoms with E-state index >= 15 is 0 Å². The normalized spacial score (nSPS) is 18.5. The van der Waals surface area contributed by atoms with E-state index in [2.05, 4.69) is 31.9 Å². The lowest BCUT2D eigenvalue weighted by Gasteiger charge is -2.33. The van der Waals surface area contributed by atoms with Crippen LogP contribution in [0.15, 0.2) is 30.3 Å². The average molecular weight is 344 g/mol. The van der Waals surface area contributed by atoms with Crippen LogP contribution in [-0.2, 0) is 0 Å². The molecule has 0 aliphatic heterocycles. The quantitative estimate of drug-likeness (QED) is 0.766. The summed E-state index contributed by atoms with van der Waals surface area (Å²) in [7, 11) is 0. The minimum absolute atomic E-state index is 0.355. The fraction of sp³-hybridized carbons (Fsp3) is 0.450. The lowest BCUT2D eigenvalue weighted by atomic mass is 9.72. The predicted octanol–water partition coefficient (Wildman–Crippen LogP) is 5.65. The van der Waals surface area contributed by atoms with E-state index in [4.69, 9.17) is 17.3 Å². The molecule has 3 rings (SSSR count). The summed E-state index contributed by atoms with van der Waals surface area (Å²) in [6.07, 6.45) is 5.74. The standard InChI is InChI=1S/C20H26ClN3/c1-13-18(14-8-10-15(11-9-14)20(2,3)4)19(22)24(23-13)17-7-5-6-16(21)12-17/h5-8,12,15H,9-11,22H2,1-4H3/t15-/m0/s1. The van der Waals surface area contributed by atoms with Gasteiger partial charge in [-0.1, -0.05) is 44.5 Å². The van der Waals surface area contributed by atoms with Crippen LogP contribution in [0.4, 0.5) is 5.82 Å². The van der Waals surface area contributed by atoms with Crippen molar-refractivity contribution < 1.29 is 0 Å². The summed E-state index contributed by atoms with van der Waals surface area (Å²) in [4.78, 5) is 0. The predicted molar refractivity (Wildman–Crippen MR) is 102 cm³/mol. The van der Waals surface area contributed by atoms with Gasteiger partial charge in [0.15, 0.2) is 0 Å². The van der Waals surface area contributed by atoms with Crippen molar-refractivity contribution >= 4 is 23.0 Å². The molecule has 0 spiro atoms. The molecule has 0 bridgehead atoms. The van der Waals surface area contributed by atoms with Gasteiger partial charge in [0.1, 0.15) is 5.82 Å². The van der Waals surface area contributed by atoms with Gasteiger partial charge in [-0.2, -0.15) is 5.10 Å². The van der Waals surface area contributed by atoms with Crippen molar-refractivity contribution in [1.82, 2.24) is 9.78 Å². The molecule has 3 nitrogen and oxygen atoms in total. The number of aromatic nitrogens is 2. The van der Waals surface area contributed by atoms with Crippen LogP contribution in [0, 0.1) is 18.3 Å². The maximum atomic E-state index is 6.45. The van der Waals surface area contributed by atoms with Crippen molar-refractivity contribution in [1.29, 1.82) is 0 Å². The van der Waals surface area contributed by atoms with Crippen LogP contribution in [-0.4, -0.2) is 9.78 Å². The third-order valence-electron chi connectivity index (χ3n) is 5.11. The third kappa shape index (κ3) is 3.23. The van der Waals surface area contributed by atoms with Crippen molar-refractivity contribution in [3.05, 3.63) is 46.6 Å². The van der Waals surface area contributed by atoms with Crippen LogP contribution >= 0.6 is 11.6 Å². The highest BCUT2D eigenvalue weighted by Crippen LogP contribution is 2.41. The van der Waals surface area contributed by atoms with Gasteiger partial charge in [-0.15, -0.1) is 0 Å². The highest BCUT2D eigenvalue weighted by molar-refractivity contribution is 6.30. The summed E-state index contributed by atoms with van der Waals surface area (Å²) in [6, 6.07) is 7.64. The zero-order valence-corrected chi connectivity index (χ0v) is 15.7. The van der Waals surface area contributed by atoms with Gasteiger partial charge >= 0.3 is 0 Å². The van der Waals surface area contributed by atoms with Crippen molar-refractivity contribution in [2.75, 3.05) is 5.73 Å². The molecule has 0 saturated carbocycles. The number of benzene rings is 1. The molecule has 128 valence electrons. The molecule has 0 saturated heterocycles. The Bertz CT molecular complexity index is 781. The Morgan fingerprint density at radius 2 is 2.04 bits per heavy atom. The molecule has 1 aliphatic rings. The number of hydrogen-bond donors (Lipinski definition) is 1. The van der Waals surface area contributed by atoms with Crippen LogP contribution < -0.4 is 5.73 Å². The van der Waals surface area contributed by atoms with Gasteiger partial charge in [-0.3, -0.25) is 0 Å². The molecule has 1 aromatic heterocycles. The van der Waals surface area contributed by atoms with Gasteiger partial charge in [-0.25, -0.2) is 4.68 Å². The van der Waals surface area contributed by atoms with Crippen LogP contribution in [0.25, 0.3) is 11.3 Å². The number of nitrogens with two attached hydrogens (primary N) is 1. The number of nitrogens with zero attached hydrogens (tertiary/aromatic N) is 2. The maximum absolute atomic E-state index is 6.45. The molecule has 1 aromatic carbocycles. The smallest absolute Gasteiger partial charge is 0.135 e. The highest BCUT2D eigenvalue weighted by atomic mass is 35.5. The molecule has 0 amide bonds. The monoisotopic (exact) mass is 343 g/mol. The summed E-state index contributed by atoms with van der Waals surface area (Å²) in [6.45, 7) is 9.01. The van der Waals surface area contributed by atoms with E-state index in [0.717, 1.165) is 35.7 Å². The van der Waals surface area contributed by atoms with Crippen LogP contribution in [0.3, 0.4) is 0 Å². The third-order valence-corrected chi connectivity index (χ3v) is 5.34. The van der Waals surface area contributed by atoms with E-state index in [0.29, 0.717) is 16.3 Å².